The highest BCUT2D eigenvalue weighted by atomic mass is 35.5. The maximum absolute atomic E-state index is 12.5. The van der Waals surface area contributed by atoms with Gasteiger partial charge in [-0.2, -0.15) is 5.10 Å². The standard InChI is InChI=1S/C18H13Cl2N3O3S2/c19-13-8-7-12(15(20)10-13)11-21-22-18(24)14-4-1-2-5-16(14)23-28(25,26)17-6-3-9-27-17/h1-11,23H,(H,22,24)/b21-11-. The molecule has 2 N–H and O–H groups in total. The maximum Gasteiger partial charge on any atom is 0.273 e. The van der Waals surface area contributed by atoms with E-state index < -0.39 is 15.9 Å². The molecular formula is C18H13Cl2N3O3S2. The fourth-order valence-corrected chi connectivity index (χ4v) is 4.74. The molecule has 0 aliphatic rings. The van der Waals surface area contributed by atoms with E-state index in [1.807, 2.05) is 0 Å². The van der Waals surface area contributed by atoms with Gasteiger partial charge in [-0.3, -0.25) is 9.52 Å². The number of para-hydroxylation sites is 1. The molecule has 6 nitrogen and oxygen atoms in total. The summed E-state index contributed by atoms with van der Waals surface area (Å²) in [4.78, 5) is 12.5. The average molecular weight is 454 g/mol. The van der Waals surface area contributed by atoms with E-state index in [0.717, 1.165) is 11.3 Å². The van der Waals surface area contributed by atoms with Crippen molar-refractivity contribution in [1.29, 1.82) is 0 Å². The largest absolute Gasteiger partial charge is 0.278 e. The molecule has 0 spiro atoms. The molecule has 0 aliphatic carbocycles. The zero-order valence-electron chi connectivity index (χ0n) is 14.1. The summed E-state index contributed by atoms with van der Waals surface area (Å²) in [6, 6.07) is 14.2. The monoisotopic (exact) mass is 453 g/mol. The summed E-state index contributed by atoms with van der Waals surface area (Å²) in [5.74, 6) is -0.578. The van der Waals surface area contributed by atoms with Crippen LogP contribution in [0.15, 0.2) is 69.3 Å². The highest BCUT2D eigenvalue weighted by Gasteiger charge is 2.19. The topological polar surface area (TPSA) is 87.6 Å². The molecule has 28 heavy (non-hydrogen) atoms. The second kappa shape index (κ2) is 8.74. The van der Waals surface area contributed by atoms with Gasteiger partial charge in [-0.15, -0.1) is 11.3 Å². The number of nitrogens with zero attached hydrogens (tertiary/aromatic N) is 1. The Morgan fingerprint density at radius 1 is 1.07 bits per heavy atom. The zero-order valence-corrected chi connectivity index (χ0v) is 17.2. The van der Waals surface area contributed by atoms with Crippen molar-refractivity contribution >= 4 is 62.4 Å². The minimum Gasteiger partial charge on any atom is -0.278 e. The van der Waals surface area contributed by atoms with Crippen molar-refractivity contribution in [2.45, 2.75) is 4.21 Å². The molecule has 1 aromatic heterocycles. The number of amides is 1. The molecule has 3 rings (SSSR count). The third-order valence-corrected chi connectivity index (χ3v) is 6.83. The second-order valence-electron chi connectivity index (χ2n) is 5.45. The number of sulfonamides is 1. The van der Waals surface area contributed by atoms with Crippen molar-refractivity contribution in [1.82, 2.24) is 5.43 Å². The highest BCUT2D eigenvalue weighted by Crippen LogP contribution is 2.23. The zero-order chi connectivity index (χ0) is 20.1. The molecule has 0 fully saturated rings. The molecule has 3 aromatic rings. The van der Waals surface area contributed by atoms with Crippen LogP contribution in [-0.2, 0) is 10.0 Å². The van der Waals surface area contributed by atoms with Crippen LogP contribution in [0.1, 0.15) is 15.9 Å². The summed E-state index contributed by atoms with van der Waals surface area (Å²) in [6.45, 7) is 0. The lowest BCUT2D eigenvalue weighted by Crippen LogP contribution is -2.21. The Kier molecular flexibility index (Phi) is 6.35. The Morgan fingerprint density at radius 3 is 2.57 bits per heavy atom. The van der Waals surface area contributed by atoms with Gasteiger partial charge in [0, 0.05) is 10.6 Å². The van der Waals surface area contributed by atoms with Crippen LogP contribution in [-0.4, -0.2) is 20.5 Å². The van der Waals surface area contributed by atoms with Crippen molar-refractivity contribution in [3.05, 3.63) is 81.1 Å². The van der Waals surface area contributed by atoms with Gasteiger partial charge in [0.25, 0.3) is 15.9 Å². The Hall–Kier alpha value is -2.39. The highest BCUT2D eigenvalue weighted by molar-refractivity contribution is 7.94. The lowest BCUT2D eigenvalue weighted by atomic mass is 10.2. The minimum absolute atomic E-state index is 0.127. The number of benzene rings is 2. The summed E-state index contributed by atoms with van der Waals surface area (Å²) in [6.07, 6.45) is 1.37. The van der Waals surface area contributed by atoms with Gasteiger partial charge in [0.1, 0.15) is 4.21 Å². The van der Waals surface area contributed by atoms with E-state index in [2.05, 4.69) is 15.2 Å². The molecule has 0 bridgehead atoms. The van der Waals surface area contributed by atoms with Crippen molar-refractivity contribution < 1.29 is 13.2 Å². The Bertz CT molecular complexity index is 1130. The number of rotatable bonds is 6. The number of anilines is 1. The van der Waals surface area contributed by atoms with Gasteiger partial charge in [-0.1, -0.05) is 47.5 Å². The number of hydrogen-bond donors (Lipinski definition) is 2. The van der Waals surface area contributed by atoms with Gasteiger partial charge in [0.2, 0.25) is 0 Å². The van der Waals surface area contributed by atoms with E-state index in [4.69, 9.17) is 23.2 Å². The lowest BCUT2D eigenvalue weighted by molar-refractivity contribution is 0.0956. The van der Waals surface area contributed by atoms with E-state index in [-0.39, 0.29) is 15.5 Å². The van der Waals surface area contributed by atoms with Gasteiger partial charge in [-0.25, -0.2) is 13.8 Å². The minimum atomic E-state index is -3.78. The van der Waals surface area contributed by atoms with Gasteiger partial charge in [0.15, 0.2) is 0 Å². The molecule has 1 amide bonds. The van der Waals surface area contributed by atoms with E-state index >= 15 is 0 Å². The van der Waals surface area contributed by atoms with Gasteiger partial charge in [-0.05, 0) is 35.7 Å². The van der Waals surface area contributed by atoms with Crippen LogP contribution in [0.2, 0.25) is 10.0 Å². The first-order valence-electron chi connectivity index (χ1n) is 7.80. The lowest BCUT2D eigenvalue weighted by Gasteiger charge is -2.10. The van der Waals surface area contributed by atoms with Gasteiger partial charge >= 0.3 is 0 Å². The molecule has 0 saturated heterocycles. The summed E-state index contributed by atoms with van der Waals surface area (Å²) in [5.41, 5.74) is 3.20. The number of hydrogen-bond acceptors (Lipinski definition) is 5. The molecule has 10 heteroatoms. The molecule has 2 aromatic carbocycles. The third-order valence-electron chi connectivity index (χ3n) is 3.51. The third kappa shape index (κ3) is 4.90. The van der Waals surface area contributed by atoms with Crippen molar-refractivity contribution in [3.8, 4) is 0 Å². The summed E-state index contributed by atoms with van der Waals surface area (Å²) in [5, 5.41) is 6.39. The van der Waals surface area contributed by atoms with Crippen LogP contribution in [0.25, 0.3) is 0 Å². The summed E-state index contributed by atoms with van der Waals surface area (Å²) in [7, 11) is -3.78. The van der Waals surface area contributed by atoms with Crippen LogP contribution in [0.3, 0.4) is 0 Å². The molecule has 1 heterocycles. The van der Waals surface area contributed by atoms with Crippen LogP contribution < -0.4 is 10.1 Å². The molecule has 0 aliphatic heterocycles. The number of hydrazone groups is 1. The average Bonchev–Trinajstić information content (AvgIpc) is 3.19. The van der Waals surface area contributed by atoms with Crippen LogP contribution in [0, 0.1) is 0 Å². The van der Waals surface area contributed by atoms with Crippen LogP contribution in [0.5, 0.6) is 0 Å². The molecular weight excluding hydrogens is 441 g/mol. The molecule has 144 valence electrons. The first-order valence-corrected chi connectivity index (χ1v) is 10.9. The molecule has 0 unspecified atom stereocenters. The van der Waals surface area contributed by atoms with E-state index in [1.165, 1.54) is 24.4 Å². The Morgan fingerprint density at radius 2 is 1.86 bits per heavy atom. The smallest absolute Gasteiger partial charge is 0.273 e. The number of carbonyl (C=O) groups is 1. The van der Waals surface area contributed by atoms with Crippen molar-refractivity contribution in [3.63, 3.8) is 0 Å². The number of carbonyl (C=O) groups excluding carboxylic acids is 1. The number of halogens is 2. The molecule has 0 saturated carbocycles. The quantitative estimate of drug-likeness (QED) is 0.421. The van der Waals surface area contributed by atoms with Crippen LogP contribution in [0.4, 0.5) is 5.69 Å². The number of nitrogens with one attached hydrogen (secondary N) is 2. The van der Waals surface area contributed by atoms with E-state index in [1.54, 1.807) is 41.8 Å². The predicted octanol–water partition coefficient (Wildman–Crippen LogP) is 4.62. The maximum atomic E-state index is 12.5. The van der Waals surface area contributed by atoms with Crippen molar-refractivity contribution in [2.75, 3.05) is 4.72 Å². The van der Waals surface area contributed by atoms with Gasteiger partial charge in [0.05, 0.1) is 22.5 Å². The molecule has 0 atom stereocenters. The van der Waals surface area contributed by atoms with Crippen molar-refractivity contribution in [2.24, 2.45) is 5.10 Å². The predicted molar refractivity (Wildman–Crippen MR) is 113 cm³/mol. The fraction of sp³-hybridized carbons (Fsp3) is 0. The fourth-order valence-electron chi connectivity index (χ4n) is 2.21. The van der Waals surface area contributed by atoms with E-state index in [0.29, 0.717) is 15.6 Å². The van der Waals surface area contributed by atoms with Gasteiger partial charge < -0.3 is 0 Å². The molecule has 0 radical (unpaired) electrons. The summed E-state index contributed by atoms with van der Waals surface area (Å²) >= 11 is 13.0. The Labute approximate surface area is 175 Å². The Balaban J connectivity index is 1.77. The van der Waals surface area contributed by atoms with Crippen LogP contribution >= 0.6 is 34.5 Å². The number of thiophene rings is 1. The normalized spacial score (nSPS) is 11.5. The second-order valence-corrected chi connectivity index (χ2v) is 9.15. The SMILES string of the molecule is O=C(N/N=C\c1ccc(Cl)cc1Cl)c1ccccc1NS(=O)(=O)c1cccs1. The first-order chi connectivity index (χ1) is 13.4. The first kappa shape index (κ1) is 20.3. The van der Waals surface area contributed by atoms with E-state index in [9.17, 15) is 13.2 Å². The summed E-state index contributed by atoms with van der Waals surface area (Å²) < 4.78 is 27.4.